The largest absolute Gasteiger partial charge is 0.347 e. The lowest BCUT2D eigenvalue weighted by molar-refractivity contribution is 0.0945. The van der Waals surface area contributed by atoms with Gasteiger partial charge in [0.15, 0.2) is 0 Å². The molecule has 0 bridgehead atoms. The highest BCUT2D eigenvalue weighted by molar-refractivity contribution is 14.1. The van der Waals surface area contributed by atoms with Crippen LogP contribution in [0.2, 0.25) is 10.0 Å². The Morgan fingerprint density at radius 1 is 1.44 bits per heavy atom. The number of nitrogens with zero attached hydrogens (tertiary/aromatic N) is 1. The molecular weight excluding hydrogens is 388 g/mol. The first-order chi connectivity index (χ1) is 8.58. The van der Waals surface area contributed by atoms with E-state index in [1.54, 1.807) is 24.4 Å². The predicted molar refractivity (Wildman–Crippen MR) is 78.9 cm³/mol. The molecule has 0 aliphatic carbocycles. The molecule has 0 spiro atoms. The fraction of sp³-hybridized carbons (Fsp3) is 0.0909. The van der Waals surface area contributed by atoms with Crippen LogP contribution in [-0.4, -0.2) is 16.1 Å². The van der Waals surface area contributed by atoms with Gasteiger partial charge in [-0.1, -0.05) is 29.3 Å². The number of carbonyl (C=O) groups excluding carboxylic acids is 1. The third-order valence-electron chi connectivity index (χ3n) is 2.27. The Balaban J connectivity index is 2.04. The minimum Gasteiger partial charge on any atom is -0.347 e. The molecule has 1 aromatic heterocycles. The third-order valence-corrected chi connectivity index (χ3v) is 3.68. The average molecular weight is 396 g/mol. The van der Waals surface area contributed by atoms with Crippen molar-refractivity contribution in [2.45, 2.75) is 6.54 Å². The van der Waals surface area contributed by atoms with Crippen molar-refractivity contribution in [1.82, 2.24) is 15.5 Å². The summed E-state index contributed by atoms with van der Waals surface area (Å²) >= 11 is 13.8. The first-order valence-electron chi connectivity index (χ1n) is 4.99. The van der Waals surface area contributed by atoms with E-state index in [1.807, 2.05) is 22.6 Å². The molecule has 94 valence electrons. The molecule has 0 atom stereocenters. The second kappa shape index (κ2) is 5.90. The van der Waals surface area contributed by atoms with Gasteiger partial charge in [0.1, 0.15) is 5.69 Å². The lowest BCUT2D eigenvalue weighted by Gasteiger charge is -2.06. The van der Waals surface area contributed by atoms with Crippen LogP contribution in [0.4, 0.5) is 0 Å². The summed E-state index contributed by atoms with van der Waals surface area (Å²) in [6, 6.07) is 5.16. The van der Waals surface area contributed by atoms with E-state index in [0.29, 0.717) is 22.3 Å². The molecule has 1 aromatic carbocycles. The van der Waals surface area contributed by atoms with E-state index in [0.717, 1.165) is 9.13 Å². The Morgan fingerprint density at radius 3 is 2.83 bits per heavy atom. The van der Waals surface area contributed by atoms with E-state index >= 15 is 0 Å². The van der Waals surface area contributed by atoms with Crippen LogP contribution in [0.3, 0.4) is 0 Å². The molecule has 0 saturated heterocycles. The molecule has 0 unspecified atom stereocenters. The molecule has 1 amide bonds. The van der Waals surface area contributed by atoms with Gasteiger partial charge in [-0.05, 0) is 40.3 Å². The standard InChI is InChI=1S/C11H8Cl2IN3O/c12-7-2-1-6(8(13)3-7)4-15-11(18)10-9(14)5-16-17-10/h1-3,5H,4H2,(H,15,18)(H,16,17). The van der Waals surface area contributed by atoms with E-state index in [9.17, 15) is 4.79 Å². The van der Waals surface area contributed by atoms with Gasteiger partial charge in [-0.25, -0.2) is 0 Å². The molecule has 0 saturated carbocycles. The van der Waals surface area contributed by atoms with Gasteiger partial charge < -0.3 is 5.32 Å². The van der Waals surface area contributed by atoms with Crippen LogP contribution in [0, 0.1) is 3.57 Å². The number of carbonyl (C=O) groups is 1. The molecule has 0 aliphatic heterocycles. The predicted octanol–water partition coefficient (Wildman–Crippen LogP) is 3.25. The molecule has 7 heteroatoms. The van der Waals surface area contributed by atoms with Crippen molar-refractivity contribution in [2.75, 3.05) is 0 Å². The van der Waals surface area contributed by atoms with Gasteiger partial charge in [0.25, 0.3) is 5.91 Å². The van der Waals surface area contributed by atoms with Crippen molar-refractivity contribution in [3.05, 3.63) is 49.3 Å². The van der Waals surface area contributed by atoms with Gasteiger partial charge in [-0.2, -0.15) is 5.10 Å². The zero-order valence-corrected chi connectivity index (χ0v) is 12.7. The third kappa shape index (κ3) is 3.15. The average Bonchev–Trinajstić information content (AvgIpc) is 2.74. The smallest absolute Gasteiger partial charge is 0.270 e. The van der Waals surface area contributed by atoms with Crippen LogP contribution in [-0.2, 0) is 6.54 Å². The molecular formula is C11H8Cl2IN3O. The molecule has 2 rings (SSSR count). The summed E-state index contributed by atoms with van der Waals surface area (Å²) in [7, 11) is 0. The van der Waals surface area contributed by atoms with Gasteiger partial charge in [-0.15, -0.1) is 0 Å². The number of benzene rings is 1. The summed E-state index contributed by atoms with van der Waals surface area (Å²) in [6.45, 7) is 0.337. The minimum absolute atomic E-state index is 0.220. The van der Waals surface area contributed by atoms with Crippen molar-refractivity contribution in [3.63, 3.8) is 0 Å². The summed E-state index contributed by atoms with van der Waals surface area (Å²) in [5.74, 6) is -0.220. The van der Waals surface area contributed by atoms with E-state index < -0.39 is 0 Å². The highest BCUT2D eigenvalue weighted by Gasteiger charge is 2.12. The first-order valence-corrected chi connectivity index (χ1v) is 6.82. The molecule has 0 radical (unpaired) electrons. The molecule has 4 nitrogen and oxygen atoms in total. The highest BCUT2D eigenvalue weighted by atomic mass is 127. The van der Waals surface area contributed by atoms with Crippen LogP contribution in [0.15, 0.2) is 24.4 Å². The van der Waals surface area contributed by atoms with Crippen molar-refractivity contribution in [1.29, 1.82) is 0 Å². The van der Waals surface area contributed by atoms with E-state index in [4.69, 9.17) is 23.2 Å². The monoisotopic (exact) mass is 395 g/mol. The maximum atomic E-state index is 11.8. The lowest BCUT2D eigenvalue weighted by atomic mass is 10.2. The molecule has 2 aromatic rings. The van der Waals surface area contributed by atoms with Crippen LogP contribution < -0.4 is 5.32 Å². The number of H-pyrrole nitrogens is 1. The fourth-order valence-corrected chi connectivity index (χ4v) is 2.34. The van der Waals surface area contributed by atoms with Crippen molar-refractivity contribution in [3.8, 4) is 0 Å². The number of aromatic nitrogens is 2. The van der Waals surface area contributed by atoms with Crippen molar-refractivity contribution < 1.29 is 4.79 Å². The summed E-state index contributed by atoms with van der Waals surface area (Å²) in [5.41, 5.74) is 1.25. The van der Waals surface area contributed by atoms with Crippen molar-refractivity contribution >= 4 is 51.7 Å². The molecule has 2 N–H and O–H groups in total. The minimum atomic E-state index is -0.220. The summed E-state index contributed by atoms with van der Waals surface area (Å²) in [4.78, 5) is 11.8. The Bertz CT molecular complexity index is 585. The van der Waals surface area contributed by atoms with Crippen LogP contribution in [0.1, 0.15) is 16.1 Å². The summed E-state index contributed by atoms with van der Waals surface area (Å²) < 4.78 is 0.771. The fourth-order valence-electron chi connectivity index (χ4n) is 1.36. The zero-order valence-electron chi connectivity index (χ0n) is 9.01. The first kappa shape index (κ1) is 13.6. The zero-order chi connectivity index (χ0) is 13.1. The Labute approximate surface area is 127 Å². The number of rotatable bonds is 3. The maximum absolute atomic E-state index is 11.8. The summed E-state index contributed by atoms with van der Waals surface area (Å²) in [5, 5.41) is 10.3. The Kier molecular flexibility index (Phi) is 4.47. The second-order valence-corrected chi connectivity index (χ2v) is 5.52. The van der Waals surface area contributed by atoms with Gasteiger partial charge in [0, 0.05) is 16.6 Å². The van der Waals surface area contributed by atoms with Gasteiger partial charge >= 0.3 is 0 Å². The van der Waals surface area contributed by atoms with E-state index in [2.05, 4.69) is 15.5 Å². The number of nitrogens with one attached hydrogen (secondary N) is 2. The quantitative estimate of drug-likeness (QED) is 0.783. The number of halogens is 3. The van der Waals surface area contributed by atoms with Crippen LogP contribution in [0.5, 0.6) is 0 Å². The Morgan fingerprint density at radius 2 is 2.22 bits per heavy atom. The molecule has 0 fully saturated rings. The number of aromatic amines is 1. The normalized spacial score (nSPS) is 10.4. The van der Waals surface area contributed by atoms with Crippen molar-refractivity contribution in [2.24, 2.45) is 0 Å². The SMILES string of the molecule is O=C(NCc1ccc(Cl)cc1Cl)c1[nH]ncc1I. The topological polar surface area (TPSA) is 57.8 Å². The lowest BCUT2D eigenvalue weighted by Crippen LogP contribution is -2.24. The van der Waals surface area contributed by atoms with Crippen LogP contribution in [0.25, 0.3) is 0 Å². The van der Waals surface area contributed by atoms with Gasteiger partial charge in [0.05, 0.1) is 9.77 Å². The molecule has 18 heavy (non-hydrogen) atoms. The summed E-state index contributed by atoms with van der Waals surface area (Å²) in [6.07, 6.45) is 1.59. The van der Waals surface area contributed by atoms with Crippen LogP contribution >= 0.6 is 45.8 Å². The van der Waals surface area contributed by atoms with E-state index in [-0.39, 0.29) is 5.91 Å². The van der Waals surface area contributed by atoms with Gasteiger partial charge in [-0.3, -0.25) is 9.89 Å². The maximum Gasteiger partial charge on any atom is 0.270 e. The van der Waals surface area contributed by atoms with Gasteiger partial charge in [0.2, 0.25) is 0 Å². The molecule has 0 aliphatic rings. The second-order valence-electron chi connectivity index (χ2n) is 3.51. The Hall–Kier alpha value is -0.790. The van der Waals surface area contributed by atoms with E-state index in [1.165, 1.54) is 0 Å². The molecule has 1 heterocycles. The number of amides is 1. The number of hydrogen-bond donors (Lipinski definition) is 2. The number of hydrogen-bond acceptors (Lipinski definition) is 2. The highest BCUT2D eigenvalue weighted by Crippen LogP contribution is 2.20.